The van der Waals surface area contributed by atoms with Crippen molar-refractivity contribution in [1.82, 2.24) is 13.9 Å². The molecule has 0 aromatic heterocycles. The lowest BCUT2D eigenvalue weighted by molar-refractivity contribution is 0.168. The predicted molar refractivity (Wildman–Crippen MR) is 83.4 cm³/mol. The molecule has 6 nitrogen and oxygen atoms in total. The van der Waals surface area contributed by atoms with Crippen molar-refractivity contribution in [2.45, 2.75) is 51.1 Å². The van der Waals surface area contributed by atoms with E-state index in [0.717, 1.165) is 38.6 Å². The second kappa shape index (κ2) is 7.87. The summed E-state index contributed by atoms with van der Waals surface area (Å²) in [6, 6.07) is 0.377. The van der Waals surface area contributed by atoms with Crippen molar-refractivity contribution in [2.24, 2.45) is 0 Å². The molecule has 2 heterocycles. The molecular formula is C14H29N3O3S. The molecule has 2 rings (SSSR count). The van der Waals surface area contributed by atoms with Gasteiger partial charge in [-0.15, -0.1) is 0 Å². The molecular weight excluding hydrogens is 290 g/mol. The molecule has 2 aliphatic rings. The summed E-state index contributed by atoms with van der Waals surface area (Å²) in [6.07, 6.45) is 5.22. The van der Waals surface area contributed by atoms with Gasteiger partial charge in [-0.3, -0.25) is 0 Å². The van der Waals surface area contributed by atoms with E-state index >= 15 is 0 Å². The fourth-order valence-electron chi connectivity index (χ4n) is 3.22. The second-order valence-corrected chi connectivity index (χ2v) is 7.99. The van der Waals surface area contributed by atoms with E-state index < -0.39 is 10.2 Å². The first-order valence-electron chi connectivity index (χ1n) is 8.05. The summed E-state index contributed by atoms with van der Waals surface area (Å²) in [5.41, 5.74) is 0. The smallest absolute Gasteiger partial charge is 0.282 e. The number of hydrogen-bond acceptors (Lipinski definition) is 4. The standard InChI is InChI=1S/C14H29N3O3S/c1-13-6-3-4-9-17(13)21(18,19)16(10-11-20-2)12-14-7-5-8-15-14/h13-15H,3-12H2,1-2H3. The number of piperidine rings is 1. The van der Waals surface area contributed by atoms with Gasteiger partial charge in [0.1, 0.15) is 0 Å². The van der Waals surface area contributed by atoms with Gasteiger partial charge in [-0.05, 0) is 39.2 Å². The number of methoxy groups -OCH3 is 1. The first-order valence-corrected chi connectivity index (χ1v) is 9.44. The van der Waals surface area contributed by atoms with E-state index in [9.17, 15) is 8.42 Å². The van der Waals surface area contributed by atoms with Gasteiger partial charge in [0.15, 0.2) is 0 Å². The van der Waals surface area contributed by atoms with Crippen LogP contribution in [0.4, 0.5) is 0 Å². The largest absolute Gasteiger partial charge is 0.383 e. The Hall–Kier alpha value is -0.210. The third-order valence-electron chi connectivity index (χ3n) is 4.50. The predicted octanol–water partition coefficient (Wildman–Crippen LogP) is 0.806. The highest BCUT2D eigenvalue weighted by Gasteiger charge is 2.35. The quantitative estimate of drug-likeness (QED) is 0.754. The molecule has 0 amide bonds. The van der Waals surface area contributed by atoms with Gasteiger partial charge in [0.25, 0.3) is 10.2 Å². The zero-order chi connectivity index (χ0) is 15.3. The minimum absolute atomic E-state index is 0.102. The van der Waals surface area contributed by atoms with Crippen molar-refractivity contribution >= 4 is 10.2 Å². The minimum Gasteiger partial charge on any atom is -0.383 e. The highest BCUT2D eigenvalue weighted by Crippen LogP contribution is 2.23. The third-order valence-corrected chi connectivity index (χ3v) is 6.62. The highest BCUT2D eigenvalue weighted by atomic mass is 32.2. The first kappa shape index (κ1) is 17.1. The number of nitrogens with zero attached hydrogens (tertiary/aromatic N) is 2. The molecule has 0 aliphatic carbocycles. The van der Waals surface area contributed by atoms with Crippen molar-refractivity contribution in [1.29, 1.82) is 0 Å². The zero-order valence-electron chi connectivity index (χ0n) is 13.3. The molecule has 2 unspecified atom stereocenters. The molecule has 0 saturated carbocycles. The summed E-state index contributed by atoms with van der Waals surface area (Å²) in [6.45, 7) is 5.07. The van der Waals surface area contributed by atoms with Crippen molar-refractivity contribution in [3.05, 3.63) is 0 Å². The van der Waals surface area contributed by atoms with Gasteiger partial charge in [-0.25, -0.2) is 0 Å². The Morgan fingerprint density at radius 2 is 2.10 bits per heavy atom. The van der Waals surface area contributed by atoms with Gasteiger partial charge in [-0.2, -0.15) is 17.0 Å². The van der Waals surface area contributed by atoms with Crippen LogP contribution in [0.2, 0.25) is 0 Å². The number of rotatable bonds is 7. The van der Waals surface area contributed by atoms with Gasteiger partial charge in [0.2, 0.25) is 0 Å². The van der Waals surface area contributed by atoms with Crippen LogP contribution < -0.4 is 5.32 Å². The summed E-state index contributed by atoms with van der Waals surface area (Å²) >= 11 is 0. The van der Waals surface area contributed by atoms with E-state index in [2.05, 4.69) is 5.32 Å². The molecule has 21 heavy (non-hydrogen) atoms. The maximum atomic E-state index is 13.0. The number of nitrogens with one attached hydrogen (secondary N) is 1. The maximum absolute atomic E-state index is 13.0. The Morgan fingerprint density at radius 1 is 1.29 bits per heavy atom. The summed E-state index contributed by atoms with van der Waals surface area (Å²) < 4.78 is 34.3. The monoisotopic (exact) mass is 319 g/mol. The molecule has 0 aromatic rings. The minimum atomic E-state index is -3.39. The van der Waals surface area contributed by atoms with E-state index in [4.69, 9.17) is 4.74 Å². The normalized spacial score (nSPS) is 28.3. The van der Waals surface area contributed by atoms with Gasteiger partial charge in [-0.1, -0.05) is 6.42 Å². The van der Waals surface area contributed by atoms with Gasteiger partial charge in [0, 0.05) is 38.8 Å². The van der Waals surface area contributed by atoms with Gasteiger partial charge < -0.3 is 10.1 Å². The Morgan fingerprint density at radius 3 is 2.71 bits per heavy atom. The zero-order valence-corrected chi connectivity index (χ0v) is 14.1. The molecule has 0 radical (unpaired) electrons. The topological polar surface area (TPSA) is 61.9 Å². The van der Waals surface area contributed by atoms with Crippen LogP contribution in [0.3, 0.4) is 0 Å². The van der Waals surface area contributed by atoms with E-state index in [0.29, 0.717) is 26.2 Å². The second-order valence-electron chi connectivity index (χ2n) is 6.11. The molecule has 124 valence electrons. The first-order chi connectivity index (χ1) is 10.1. The summed E-state index contributed by atoms with van der Waals surface area (Å²) in [4.78, 5) is 0. The van der Waals surface area contributed by atoms with Crippen molar-refractivity contribution in [2.75, 3.05) is 39.9 Å². The lowest BCUT2D eigenvalue weighted by Gasteiger charge is -2.37. The van der Waals surface area contributed by atoms with Crippen LogP contribution in [0.1, 0.15) is 39.0 Å². The van der Waals surface area contributed by atoms with Crippen LogP contribution in [0.5, 0.6) is 0 Å². The molecule has 2 saturated heterocycles. The van der Waals surface area contributed by atoms with Gasteiger partial charge in [0.05, 0.1) is 6.61 Å². The average molecular weight is 319 g/mol. The molecule has 0 aromatic carbocycles. The molecule has 0 spiro atoms. The summed E-state index contributed by atoms with van der Waals surface area (Å²) in [5.74, 6) is 0. The lowest BCUT2D eigenvalue weighted by atomic mass is 10.1. The molecule has 2 fully saturated rings. The maximum Gasteiger partial charge on any atom is 0.282 e. The molecule has 2 aliphatic heterocycles. The lowest BCUT2D eigenvalue weighted by Crippen LogP contribution is -2.53. The van der Waals surface area contributed by atoms with Crippen molar-refractivity contribution in [3.8, 4) is 0 Å². The highest BCUT2D eigenvalue weighted by molar-refractivity contribution is 7.86. The van der Waals surface area contributed by atoms with Crippen LogP contribution in [0.25, 0.3) is 0 Å². The van der Waals surface area contributed by atoms with E-state index in [1.54, 1.807) is 15.7 Å². The summed E-state index contributed by atoms with van der Waals surface area (Å²) in [7, 11) is -1.77. The average Bonchev–Trinajstić information content (AvgIpc) is 2.96. The van der Waals surface area contributed by atoms with E-state index in [1.165, 1.54) is 0 Å². The van der Waals surface area contributed by atoms with E-state index in [-0.39, 0.29) is 12.1 Å². The Kier molecular flexibility index (Phi) is 6.43. The molecule has 2 atom stereocenters. The van der Waals surface area contributed by atoms with E-state index in [1.807, 2.05) is 6.92 Å². The SMILES string of the molecule is COCCN(CC1CCCN1)S(=O)(=O)N1CCCCC1C. The molecule has 1 N–H and O–H groups in total. The Labute approximate surface area is 129 Å². The number of hydrogen-bond donors (Lipinski definition) is 1. The van der Waals surface area contributed by atoms with Crippen LogP contribution in [-0.2, 0) is 14.9 Å². The fraction of sp³-hybridized carbons (Fsp3) is 1.00. The van der Waals surface area contributed by atoms with Gasteiger partial charge >= 0.3 is 0 Å². The molecule has 7 heteroatoms. The van der Waals surface area contributed by atoms with Crippen molar-refractivity contribution < 1.29 is 13.2 Å². The van der Waals surface area contributed by atoms with Crippen LogP contribution >= 0.6 is 0 Å². The fourth-order valence-corrected chi connectivity index (χ4v) is 5.11. The van der Waals surface area contributed by atoms with Crippen LogP contribution in [0.15, 0.2) is 0 Å². The van der Waals surface area contributed by atoms with Crippen molar-refractivity contribution in [3.63, 3.8) is 0 Å². The molecule has 0 bridgehead atoms. The number of ether oxygens (including phenoxy) is 1. The third kappa shape index (κ3) is 4.39. The Bertz CT molecular complexity index is 410. The van der Waals surface area contributed by atoms with Crippen LogP contribution in [0, 0.1) is 0 Å². The van der Waals surface area contributed by atoms with Crippen LogP contribution in [-0.4, -0.2) is 69.0 Å². The summed E-state index contributed by atoms with van der Waals surface area (Å²) in [5, 5.41) is 3.38. The Balaban J connectivity index is 2.08.